The molecular weight excluding hydrogens is 228 g/mol. The lowest BCUT2D eigenvalue weighted by molar-refractivity contribution is -0.125. The highest BCUT2D eigenvalue weighted by Gasteiger charge is 2.06. The first-order chi connectivity index (χ1) is 8.54. The van der Waals surface area contributed by atoms with Crippen LogP contribution in [-0.4, -0.2) is 25.9 Å². The number of carbonyl (C=O) groups is 2. The molecule has 0 bridgehead atoms. The average Bonchev–Trinajstić information content (AvgIpc) is 2.36. The number of imide groups is 1. The van der Waals surface area contributed by atoms with E-state index in [-0.39, 0.29) is 5.91 Å². The maximum atomic E-state index is 11.2. The Hall–Kier alpha value is -1.84. The Morgan fingerprint density at radius 1 is 1.44 bits per heavy atom. The van der Waals surface area contributed by atoms with Crippen LogP contribution < -0.4 is 10.2 Å². The van der Waals surface area contributed by atoms with Gasteiger partial charge >= 0.3 is 0 Å². The summed E-state index contributed by atoms with van der Waals surface area (Å²) in [5, 5.41) is 2.14. The molecule has 1 aromatic carbocycles. The van der Waals surface area contributed by atoms with Crippen LogP contribution in [0.15, 0.2) is 24.3 Å². The molecule has 0 aromatic heterocycles. The third kappa shape index (κ3) is 4.20. The molecule has 0 unspecified atom stereocenters. The second-order valence-corrected chi connectivity index (χ2v) is 4.61. The molecule has 0 saturated heterocycles. The summed E-state index contributed by atoms with van der Waals surface area (Å²) in [5.74, 6) is 0.230. The quantitative estimate of drug-likeness (QED) is 0.782. The summed E-state index contributed by atoms with van der Waals surface area (Å²) in [6.07, 6.45) is 0.725. The fourth-order valence-electron chi connectivity index (χ4n) is 1.66. The number of hydrogen-bond donors (Lipinski definition) is 1. The molecule has 0 aliphatic rings. The molecule has 0 spiro atoms. The van der Waals surface area contributed by atoms with Crippen molar-refractivity contribution in [1.29, 1.82) is 0 Å². The van der Waals surface area contributed by atoms with E-state index in [1.165, 1.54) is 5.56 Å². The third-order valence-corrected chi connectivity index (χ3v) is 2.87. The number of anilines is 1. The van der Waals surface area contributed by atoms with E-state index in [1.807, 2.05) is 24.1 Å². The van der Waals surface area contributed by atoms with E-state index in [9.17, 15) is 9.59 Å². The monoisotopic (exact) mass is 248 g/mol. The molecule has 0 fully saturated rings. The van der Waals surface area contributed by atoms with Crippen LogP contribution in [0.2, 0.25) is 0 Å². The Morgan fingerprint density at radius 3 is 2.78 bits per heavy atom. The first-order valence-electron chi connectivity index (χ1n) is 6.08. The number of hydrogen-bond acceptors (Lipinski definition) is 3. The zero-order valence-electron chi connectivity index (χ0n) is 11.1. The van der Waals surface area contributed by atoms with Gasteiger partial charge in [-0.1, -0.05) is 26.0 Å². The minimum absolute atomic E-state index is 0.253. The lowest BCUT2D eigenvalue weighted by atomic mass is 10.0. The van der Waals surface area contributed by atoms with Gasteiger partial charge in [0, 0.05) is 25.7 Å². The molecule has 1 rings (SSSR count). The van der Waals surface area contributed by atoms with E-state index < -0.39 is 0 Å². The van der Waals surface area contributed by atoms with E-state index in [0.717, 1.165) is 5.69 Å². The van der Waals surface area contributed by atoms with Crippen molar-refractivity contribution in [2.24, 2.45) is 0 Å². The number of benzene rings is 1. The van der Waals surface area contributed by atoms with Crippen LogP contribution >= 0.6 is 0 Å². The van der Waals surface area contributed by atoms with E-state index in [1.54, 1.807) is 0 Å². The second kappa shape index (κ2) is 6.79. The topological polar surface area (TPSA) is 49.4 Å². The molecule has 4 heteroatoms. The molecule has 2 amide bonds. The Morgan fingerprint density at radius 2 is 2.17 bits per heavy atom. The van der Waals surface area contributed by atoms with Crippen molar-refractivity contribution in [3.05, 3.63) is 29.8 Å². The SMILES string of the molecule is CC(C)c1cccc(N(C)CCC(=O)NC=O)c1. The van der Waals surface area contributed by atoms with Crippen LogP contribution in [0.3, 0.4) is 0 Å². The molecule has 1 N–H and O–H groups in total. The van der Waals surface area contributed by atoms with Gasteiger partial charge in [0.25, 0.3) is 0 Å². The summed E-state index contributed by atoms with van der Waals surface area (Å²) in [7, 11) is 1.94. The van der Waals surface area contributed by atoms with Gasteiger partial charge in [-0.2, -0.15) is 0 Å². The molecule has 0 aliphatic heterocycles. The van der Waals surface area contributed by atoms with E-state index in [0.29, 0.717) is 25.3 Å². The van der Waals surface area contributed by atoms with Crippen LogP contribution in [0.1, 0.15) is 31.7 Å². The molecule has 0 radical (unpaired) electrons. The van der Waals surface area contributed by atoms with Gasteiger partial charge < -0.3 is 4.90 Å². The van der Waals surface area contributed by atoms with Crippen molar-refractivity contribution in [2.75, 3.05) is 18.5 Å². The Kier molecular flexibility index (Phi) is 5.36. The zero-order valence-corrected chi connectivity index (χ0v) is 11.1. The second-order valence-electron chi connectivity index (χ2n) is 4.61. The van der Waals surface area contributed by atoms with Crippen LogP contribution in [0.5, 0.6) is 0 Å². The predicted molar refractivity (Wildman–Crippen MR) is 72.6 cm³/mol. The molecule has 0 saturated carbocycles. The molecule has 0 aliphatic carbocycles. The minimum Gasteiger partial charge on any atom is -0.374 e. The van der Waals surface area contributed by atoms with Gasteiger partial charge in [-0.25, -0.2) is 0 Å². The van der Waals surface area contributed by atoms with Gasteiger partial charge in [0.2, 0.25) is 12.3 Å². The highest BCUT2D eigenvalue weighted by Crippen LogP contribution is 2.20. The van der Waals surface area contributed by atoms with Gasteiger partial charge in [0.15, 0.2) is 0 Å². The smallest absolute Gasteiger partial charge is 0.228 e. The summed E-state index contributed by atoms with van der Waals surface area (Å²) in [5.41, 5.74) is 2.36. The Labute approximate surface area is 108 Å². The number of nitrogens with one attached hydrogen (secondary N) is 1. The van der Waals surface area contributed by atoms with Gasteiger partial charge in [0.1, 0.15) is 0 Å². The van der Waals surface area contributed by atoms with Crippen molar-refractivity contribution in [1.82, 2.24) is 5.32 Å². The van der Waals surface area contributed by atoms with Crippen LogP contribution in [0, 0.1) is 0 Å². The van der Waals surface area contributed by atoms with E-state index in [4.69, 9.17) is 0 Å². The number of rotatable bonds is 6. The van der Waals surface area contributed by atoms with Crippen LogP contribution in [0.4, 0.5) is 5.69 Å². The first kappa shape index (κ1) is 14.2. The van der Waals surface area contributed by atoms with Crippen LogP contribution in [0.25, 0.3) is 0 Å². The standard InChI is InChI=1S/C14H20N2O2/c1-11(2)12-5-4-6-13(9-12)16(3)8-7-14(18)15-10-17/h4-6,9-11H,7-8H2,1-3H3,(H,15,17,18). The molecular formula is C14H20N2O2. The highest BCUT2D eigenvalue weighted by atomic mass is 16.2. The first-order valence-corrected chi connectivity index (χ1v) is 6.08. The summed E-state index contributed by atoms with van der Waals surface area (Å²) >= 11 is 0. The minimum atomic E-state index is -0.253. The van der Waals surface area contributed by atoms with Crippen molar-refractivity contribution in [3.8, 4) is 0 Å². The molecule has 0 heterocycles. The number of nitrogens with zero attached hydrogens (tertiary/aromatic N) is 1. The molecule has 1 aromatic rings. The van der Waals surface area contributed by atoms with Crippen molar-refractivity contribution in [2.45, 2.75) is 26.2 Å². The van der Waals surface area contributed by atoms with Crippen molar-refractivity contribution >= 4 is 18.0 Å². The van der Waals surface area contributed by atoms with Gasteiger partial charge in [-0.15, -0.1) is 0 Å². The fourth-order valence-corrected chi connectivity index (χ4v) is 1.66. The highest BCUT2D eigenvalue weighted by molar-refractivity contribution is 5.86. The van der Waals surface area contributed by atoms with Crippen LogP contribution in [-0.2, 0) is 9.59 Å². The Bertz CT molecular complexity index is 416. The maximum Gasteiger partial charge on any atom is 0.228 e. The largest absolute Gasteiger partial charge is 0.374 e. The zero-order chi connectivity index (χ0) is 13.5. The summed E-state index contributed by atoms with van der Waals surface area (Å²) in [6, 6.07) is 8.26. The van der Waals surface area contributed by atoms with Crippen molar-refractivity contribution in [3.63, 3.8) is 0 Å². The van der Waals surface area contributed by atoms with Gasteiger partial charge in [0.05, 0.1) is 0 Å². The molecule has 0 atom stereocenters. The normalized spacial score (nSPS) is 10.2. The number of amides is 2. The van der Waals surface area contributed by atoms with E-state index >= 15 is 0 Å². The maximum absolute atomic E-state index is 11.2. The molecule has 4 nitrogen and oxygen atoms in total. The Balaban J connectivity index is 2.60. The predicted octanol–water partition coefficient (Wildman–Crippen LogP) is 1.91. The molecule has 18 heavy (non-hydrogen) atoms. The molecule has 98 valence electrons. The fraction of sp³-hybridized carbons (Fsp3) is 0.429. The lowest BCUT2D eigenvalue weighted by Gasteiger charge is -2.20. The number of carbonyl (C=O) groups excluding carboxylic acids is 2. The third-order valence-electron chi connectivity index (χ3n) is 2.87. The summed E-state index contributed by atoms with van der Waals surface area (Å²) in [4.78, 5) is 23.3. The van der Waals surface area contributed by atoms with Gasteiger partial charge in [-0.05, 0) is 23.6 Å². The summed E-state index contributed by atoms with van der Waals surface area (Å²) < 4.78 is 0. The van der Waals surface area contributed by atoms with Gasteiger partial charge in [-0.3, -0.25) is 14.9 Å². The average molecular weight is 248 g/mol. The van der Waals surface area contributed by atoms with E-state index in [2.05, 4.69) is 31.3 Å². The van der Waals surface area contributed by atoms with Crippen molar-refractivity contribution < 1.29 is 9.59 Å². The lowest BCUT2D eigenvalue weighted by Crippen LogP contribution is -2.27. The summed E-state index contributed by atoms with van der Waals surface area (Å²) in [6.45, 7) is 4.88.